The lowest BCUT2D eigenvalue weighted by molar-refractivity contribution is -0.149. The van der Waals surface area contributed by atoms with Gasteiger partial charge in [-0.15, -0.1) is 0 Å². The predicted molar refractivity (Wildman–Crippen MR) is 61.9 cm³/mol. The summed E-state index contributed by atoms with van der Waals surface area (Å²) in [5.41, 5.74) is 0. The van der Waals surface area contributed by atoms with Crippen LogP contribution in [0, 0.1) is 0 Å². The van der Waals surface area contributed by atoms with E-state index in [0.29, 0.717) is 13.0 Å². The van der Waals surface area contributed by atoms with Crippen molar-refractivity contribution in [3.8, 4) is 0 Å². The fraction of sp³-hybridized carbons (Fsp3) is 0.636. The smallest absolute Gasteiger partial charge is 0.305 e. The van der Waals surface area contributed by atoms with Gasteiger partial charge in [-0.2, -0.15) is 0 Å². The lowest BCUT2D eigenvalue weighted by Gasteiger charge is -2.35. The highest BCUT2D eigenvalue weighted by molar-refractivity contribution is 5.95. The van der Waals surface area contributed by atoms with Gasteiger partial charge in [0.05, 0.1) is 6.42 Å². The summed E-state index contributed by atoms with van der Waals surface area (Å²) in [4.78, 5) is 47.0. The summed E-state index contributed by atoms with van der Waals surface area (Å²) >= 11 is 0. The van der Waals surface area contributed by atoms with E-state index in [1.54, 1.807) is 0 Å². The third-order valence-corrected chi connectivity index (χ3v) is 3.28. The SMILES string of the molecule is O=C(O)CC1C(=O)NCCN1C(=O)[C@@H]1CCC(=O)N1. The van der Waals surface area contributed by atoms with E-state index in [4.69, 9.17) is 5.11 Å². The van der Waals surface area contributed by atoms with Crippen LogP contribution in [0.3, 0.4) is 0 Å². The van der Waals surface area contributed by atoms with E-state index in [1.165, 1.54) is 4.90 Å². The summed E-state index contributed by atoms with van der Waals surface area (Å²) in [7, 11) is 0. The summed E-state index contributed by atoms with van der Waals surface area (Å²) in [6, 6.07) is -1.65. The molecular formula is C11H15N3O5. The Morgan fingerprint density at radius 2 is 2.11 bits per heavy atom. The monoisotopic (exact) mass is 269 g/mol. The van der Waals surface area contributed by atoms with Crippen LogP contribution in [0.4, 0.5) is 0 Å². The molecule has 3 N–H and O–H groups in total. The number of rotatable bonds is 3. The fourth-order valence-corrected chi connectivity index (χ4v) is 2.35. The van der Waals surface area contributed by atoms with Crippen LogP contribution in [0.25, 0.3) is 0 Å². The number of carbonyl (C=O) groups excluding carboxylic acids is 3. The van der Waals surface area contributed by atoms with E-state index in [2.05, 4.69) is 10.6 Å². The maximum Gasteiger partial charge on any atom is 0.305 e. The molecule has 3 amide bonds. The highest BCUT2D eigenvalue weighted by Gasteiger charge is 2.39. The van der Waals surface area contributed by atoms with E-state index in [9.17, 15) is 19.2 Å². The first kappa shape index (κ1) is 13.3. The van der Waals surface area contributed by atoms with Crippen molar-refractivity contribution < 1.29 is 24.3 Å². The van der Waals surface area contributed by atoms with Gasteiger partial charge in [0.1, 0.15) is 12.1 Å². The summed E-state index contributed by atoms with van der Waals surface area (Å²) in [5, 5.41) is 13.9. The number of carbonyl (C=O) groups is 4. The minimum Gasteiger partial charge on any atom is -0.481 e. The molecular weight excluding hydrogens is 254 g/mol. The van der Waals surface area contributed by atoms with E-state index in [0.717, 1.165) is 0 Å². The van der Waals surface area contributed by atoms with Crippen molar-refractivity contribution in [3.63, 3.8) is 0 Å². The molecule has 2 fully saturated rings. The minimum absolute atomic E-state index is 0.199. The van der Waals surface area contributed by atoms with E-state index in [1.807, 2.05) is 0 Å². The Morgan fingerprint density at radius 3 is 2.68 bits per heavy atom. The molecule has 2 rings (SSSR count). The molecule has 0 aromatic rings. The molecule has 8 heteroatoms. The lowest BCUT2D eigenvalue weighted by atomic mass is 10.1. The molecule has 0 aliphatic carbocycles. The van der Waals surface area contributed by atoms with E-state index in [-0.39, 0.29) is 24.8 Å². The van der Waals surface area contributed by atoms with Crippen molar-refractivity contribution in [1.29, 1.82) is 0 Å². The second-order valence-electron chi connectivity index (χ2n) is 4.60. The van der Waals surface area contributed by atoms with Gasteiger partial charge < -0.3 is 20.6 Å². The Labute approximate surface area is 109 Å². The average Bonchev–Trinajstić information content (AvgIpc) is 2.77. The van der Waals surface area contributed by atoms with Gasteiger partial charge in [0, 0.05) is 19.5 Å². The molecule has 2 heterocycles. The number of carboxylic acid groups (broad SMARTS) is 1. The Balaban J connectivity index is 2.10. The van der Waals surface area contributed by atoms with Gasteiger partial charge in [0.25, 0.3) is 0 Å². The minimum atomic E-state index is -1.14. The van der Waals surface area contributed by atoms with Crippen molar-refractivity contribution in [2.45, 2.75) is 31.3 Å². The quantitative estimate of drug-likeness (QED) is 0.551. The largest absolute Gasteiger partial charge is 0.481 e. The van der Waals surface area contributed by atoms with E-state index >= 15 is 0 Å². The maximum absolute atomic E-state index is 12.2. The molecule has 0 saturated carbocycles. The van der Waals surface area contributed by atoms with Gasteiger partial charge in [-0.05, 0) is 6.42 Å². The normalized spacial score (nSPS) is 26.8. The second kappa shape index (κ2) is 5.25. The fourth-order valence-electron chi connectivity index (χ4n) is 2.35. The molecule has 2 aliphatic heterocycles. The molecule has 8 nitrogen and oxygen atoms in total. The average molecular weight is 269 g/mol. The molecule has 19 heavy (non-hydrogen) atoms. The summed E-state index contributed by atoms with van der Waals surface area (Å²) < 4.78 is 0. The van der Waals surface area contributed by atoms with Crippen LogP contribution in [0.1, 0.15) is 19.3 Å². The number of aliphatic carboxylic acids is 1. The van der Waals surface area contributed by atoms with Crippen molar-refractivity contribution in [1.82, 2.24) is 15.5 Å². The Kier molecular flexibility index (Phi) is 3.68. The summed E-state index contributed by atoms with van der Waals surface area (Å²) in [5.74, 6) is -2.19. The first-order valence-electron chi connectivity index (χ1n) is 6.08. The first-order valence-corrected chi connectivity index (χ1v) is 6.08. The van der Waals surface area contributed by atoms with E-state index < -0.39 is 30.4 Å². The zero-order chi connectivity index (χ0) is 14.0. The van der Waals surface area contributed by atoms with Crippen molar-refractivity contribution in [3.05, 3.63) is 0 Å². The molecule has 104 valence electrons. The zero-order valence-electron chi connectivity index (χ0n) is 10.2. The molecule has 0 aromatic heterocycles. The molecule has 0 aromatic carbocycles. The van der Waals surface area contributed by atoms with Crippen molar-refractivity contribution in [2.75, 3.05) is 13.1 Å². The molecule has 2 saturated heterocycles. The summed E-state index contributed by atoms with van der Waals surface area (Å²) in [6.07, 6.45) is 0.230. The molecule has 1 unspecified atom stereocenters. The van der Waals surface area contributed by atoms with Crippen LogP contribution in [-0.4, -0.2) is 58.9 Å². The zero-order valence-corrected chi connectivity index (χ0v) is 10.2. The highest BCUT2D eigenvalue weighted by Crippen LogP contribution is 2.15. The van der Waals surface area contributed by atoms with Gasteiger partial charge in [-0.3, -0.25) is 19.2 Å². The Hall–Kier alpha value is -2.12. The standard InChI is InChI=1S/C11H15N3O5/c15-8-2-1-6(13-8)11(19)14-4-3-12-10(18)7(14)5-9(16)17/h6-7H,1-5H2,(H,12,18)(H,13,15)(H,16,17)/t6-,7?/m0/s1. The lowest BCUT2D eigenvalue weighted by Crippen LogP contribution is -2.60. The predicted octanol–water partition coefficient (Wildman–Crippen LogP) is -1.93. The number of piperazine rings is 1. The van der Waals surface area contributed by atoms with Crippen molar-refractivity contribution in [2.24, 2.45) is 0 Å². The van der Waals surface area contributed by atoms with Crippen LogP contribution in [0.2, 0.25) is 0 Å². The molecule has 2 aliphatic rings. The first-order chi connectivity index (χ1) is 8.99. The topological polar surface area (TPSA) is 116 Å². The number of hydrogen-bond acceptors (Lipinski definition) is 4. The Morgan fingerprint density at radius 1 is 1.37 bits per heavy atom. The van der Waals surface area contributed by atoms with Gasteiger partial charge >= 0.3 is 5.97 Å². The number of nitrogens with one attached hydrogen (secondary N) is 2. The molecule has 0 spiro atoms. The Bertz CT molecular complexity index is 436. The number of amides is 3. The van der Waals surface area contributed by atoms with Crippen LogP contribution in [0.15, 0.2) is 0 Å². The van der Waals surface area contributed by atoms with Crippen LogP contribution < -0.4 is 10.6 Å². The van der Waals surface area contributed by atoms with Gasteiger partial charge in [-0.25, -0.2) is 0 Å². The third-order valence-electron chi connectivity index (χ3n) is 3.28. The highest BCUT2D eigenvalue weighted by atomic mass is 16.4. The number of nitrogens with zero attached hydrogens (tertiary/aromatic N) is 1. The molecule has 2 atom stereocenters. The number of hydrogen-bond donors (Lipinski definition) is 3. The van der Waals surface area contributed by atoms with Crippen LogP contribution >= 0.6 is 0 Å². The van der Waals surface area contributed by atoms with Crippen LogP contribution in [0.5, 0.6) is 0 Å². The molecule has 0 bridgehead atoms. The number of carboxylic acids is 1. The van der Waals surface area contributed by atoms with Crippen LogP contribution in [-0.2, 0) is 19.2 Å². The van der Waals surface area contributed by atoms with Gasteiger partial charge in [-0.1, -0.05) is 0 Å². The van der Waals surface area contributed by atoms with Gasteiger partial charge in [0.15, 0.2) is 0 Å². The third kappa shape index (κ3) is 2.83. The summed E-state index contributed by atoms with van der Waals surface area (Å²) in [6.45, 7) is 0.552. The van der Waals surface area contributed by atoms with Crippen molar-refractivity contribution >= 4 is 23.7 Å². The van der Waals surface area contributed by atoms with Gasteiger partial charge in [0.2, 0.25) is 17.7 Å². The maximum atomic E-state index is 12.2. The molecule has 0 radical (unpaired) electrons. The second-order valence-corrected chi connectivity index (χ2v) is 4.60.